The lowest BCUT2D eigenvalue weighted by atomic mass is 9.87. The number of carbonyl (C=O) groups is 1. The molecule has 0 bridgehead atoms. The van der Waals surface area contributed by atoms with Crippen molar-refractivity contribution in [1.29, 1.82) is 0 Å². The van der Waals surface area contributed by atoms with Crippen molar-refractivity contribution < 1.29 is 9.18 Å². The molecule has 1 aliphatic heterocycles. The molecule has 7 nitrogen and oxygen atoms in total. The highest BCUT2D eigenvalue weighted by Crippen LogP contribution is 2.33. The summed E-state index contributed by atoms with van der Waals surface area (Å²) in [5.74, 6) is 0.111. The Morgan fingerprint density at radius 2 is 1.94 bits per heavy atom. The number of rotatable bonds is 6. The van der Waals surface area contributed by atoms with Gasteiger partial charge in [0.25, 0.3) is 5.91 Å². The summed E-state index contributed by atoms with van der Waals surface area (Å²) >= 11 is 0. The molecule has 0 aliphatic carbocycles. The summed E-state index contributed by atoms with van der Waals surface area (Å²) in [5.41, 5.74) is 4.36. The fraction of sp³-hybridized carbons (Fsp3) is 0.321. The molecular formula is C28H31FN6O. The van der Waals surface area contributed by atoms with Crippen LogP contribution in [0, 0.1) is 5.82 Å². The second-order valence-electron chi connectivity index (χ2n) is 10.3. The van der Waals surface area contributed by atoms with Crippen LogP contribution in [0.15, 0.2) is 54.7 Å². The van der Waals surface area contributed by atoms with Gasteiger partial charge in [-0.25, -0.2) is 9.37 Å². The normalized spacial score (nSPS) is 15.8. The van der Waals surface area contributed by atoms with Crippen LogP contribution in [0.4, 0.5) is 10.2 Å². The molecule has 186 valence electrons. The van der Waals surface area contributed by atoms with Crippen LogP contribution in [0.3, 0.4) is 0 Å². The Bertz CT molecular complexity index is 1380. The number of aromatic nitrogens is 3. The number of H-pyrrole nitrogens is 1. The Morgan fingerprint density at radius 3 is 2.64 bits per heavy atom. The average Bonchev–Trinajstić information content (AvgIpc) is 3.53. The zero-order chi connectivity index (χ0) is 25.3. The van der Waals surface area contributed by atoms with Crippen LogP contribution >= 0.6 is 0 Å². The van der Waals surface area contributed by atoms with Crippen LogP contribution < -0.4 is 16.0 Å². The lowest BCUT2D eigenvalue weighted by Crippen LogP contribution is -2.23. The average molecular weight is 487 g/mol. The fourth-order valence-corrected chi connectivity index (χ4v) is 4.52. The van der Waals surface area contributed by atoms with Gasteiger partial charge in [0.1, 0.15) is 5.82 Å². The molecule has 5 rings (SSSR count). The first kappa shape index (κ1) is 23.9. The third kappa shape index (κ3) is 4.95. The Labute approximate surface area is 209 Å². The van der Waals surface area contributed by atoms with E-state index < -0.39 is 0 Å². The summed E-state index contributed by atoms with van der Waals surface area (Å²) in [6.45, 7) is 8.33. The number of pyridine rings is 1. The lowest BCUT2D eigenvalue weighted by Gasteiger charge is -2.19. The van der Waals surface area contributed by atoms with Gasteiger partial charge < -0.3 is 16.0 Å². The van der Waals surface area contributed by atoms with Gasteiger partial charge in [0.15, 0.2) is 11.5 Å². The minimum absolute atomic E-state index is 0.0151. The van der Waals surface area contributed by atoms with E-state index in [0.29, 0.717) is 16.8 Å². The van der Waals surface area contributed by atoms with E-state index in [1.54, 1.807) is 12.3 Å². The van der Waals surface area contributed by atoms with Crippen molar-refractivity contribution in [1.82, 2.24) is 25.8 Å². The molecule has 0 saturated carbocycles. The molecular weight excluding hydrogens is 455 g/mol. The van der Waals surface area contributed by atoms with E-state index in [4.69, 9.17) is 0 Å². The van der Waals surface area contributed by atoms with E-state index in [2.05, 4.69) is 51.9 Å². The molecule has 2 aromatic carbocycles. The number of carbonyl (C=O) groups excluding carboxylic acids is 1. The van der Waals surface area contributed by atoms with Gasteiger partial charge in [0.2, 0.25) is 0 Å². The molecule has 8 heteroatoms. The van der Waals surface area contributed by atoms with Gasteiger partial charge in [-0.05, 0) is 59.3 Å². The molecule has 2 aromatic heterocycles. The molecule has 1 aliphatic rings. The third-order valence-electron chi connectivity index (χ3n) is 6.68. The minimum Gasteiger partial charge on any atom is -0.364 e. The highest BCUT2D eigenvalue weighted by atomic mass is 19.1. The van der Waals surface area contributed by atoms with Crippen LogP contribution in [0.2, 0.25) is 0 Å². The highest BCUT2D eigenvalue weighted by molar-refractivity contribution is 6.00. The molecule has 4 N–H and O–H groups in total. The third-order valence-corrected chi connectivity index (χ3v) is 6.68. The summed E-state index contributed by atoms with van der Waals surface area (Å²) in [5, 5.41) is 17.9. The van der Waals surface area contributed by atoms with Crippen molar-refractivity contribution in [2.75, 3.05) is 18.4 Å². The zero-order valence-corrected chi connectivity index (χ0v) is 20.8. The molecule has 1 amide bonds. The Balaban J connectivity index is 1.32. The maximum absolute atomic E-state index is 15.1. The molecule has 1 fully saturated rings. The summed E-state index contributed by atoms with van der Waals surface area (Å²) in [7, 11) is 0. The van der Waals surface area contributed by atoms with E-state index >= 15 is 4.39 Å². The molecule has 0 unspecified atom stereocenters. The number of amides is 1. The fourth-order valence-electron chi connectivity index (χ4n) is 4.52. The number of fused-ring (bicyclic) bond motifs is 1. The number of halogens is 1. The molecule has 3 heterocycles. The van der Waals surface area contributed by atoms with Gasteiger partial charge in [-0.2, -0.15) is 5.10 Å². The van der Waals surface area contributed by atoms with E-state index in [9.17, 15) is 4.79 Å². The van der Waals surface area contributed by atoms with Crippen LogP contribution in [-0.4, -0.2) is 40.2 Å². The highest BCUT2D eigenvalue weighted by Gasteiger charge is 2.20. The van der Waals surface area contributed by atoms with E-state index in [0.717, 1.165) is 47.4 Å². The van der Waals surface area contributed by atoms with Crippen molar-refractivity contribution in [3.8, 4) is 11.1 Å². The van der Waals surface area contributed by atoms with Crippen LogP contribution in [0.1, 0.15) is 48.7 Å². The predicted octanol–water partition coefficient (Wildman–Crippen LogP) is 4.77. The van der Waals surface area contributed by atoms with Crippen LogP contribution in [0.5, 0.6) is 0 Å². The van der Waals surface area contributed by atoms with Gasteiger partial charge in [0.05, 0.1) is 5.39 Å². The molecule has 0 radical (unpaired) electrons. The number of hydrogen-bond donors (Lipinski definition) is 4. The van der Waals surface area contributed by atoms with E-state index in [1.807, 2.05) is 36.4 Å². The number of nitrogens with zero attached hydrogens (tertiary/aromatic N) is 2. The largest absolute Gasteiger partial charge is 0.364 e. The van der Waals surface area contributed by atoms with Crippen molar-refractivity contribution in [2.45, 2.75) is 45.2 Å². The number of aromatic amines is 1. The van der Waals surface area contributed by atoms with Gasteiger partial charge in [-0.15, -0.1) is 0 Å². The summed E-state index contributed by atoms with van der Waals surface area (Å²) in [6, 6.07) is 14.8. The lowest BCUT2D eigenvalue weighted by molar-refractivity contribution is 0.0950. The van der Waals surface area contributed by atoms with E-state index in [-0.39, 0.29) is 29.7 Å². The van der Waals surface area contributed by atoms with Crippen LogP contribution in [0.25, 0.3) is 22.2 Å². The van der Waals surface area contributed by atoms with Crippen molar-refractivity contribution >= 4 is 22.8 Å². The maximum atomic E-state index is 15.1. The standard InChI is InChI=1S/C28H31FN6O/c1-28(2,3)20-8-6-17(7-9-20)27(36)32-15-19-5-4-18(14-23(19)29)22-11-13-31-25-24(22)26(35-34-25)33-21-10-12-30-16-21/h4-9,11,13-14,21,30H,10,12,15-16H2,1-3H3,(H,32,36)(H2,31,33,34,35)/t21-/m1/s1. The number of nitrogens with one attached hydrogen (secondary N) is 4. The van der Waals surface area contributed by atoms with Gasteiger partial charge >= 0.3 is 0 Å². The number of benzene rings is 2. The number of hydrogen-bond acceptors (Lipinski definition) is 5. The summed E-state index contributed by atoms with van der Waals surface area (Å²) in [6.07, 6.45) is 2.70. The smallest absolute Gasteiger partial charge is 0.251 e. The first-order valence-electron chi connectivity index (χ1n) is 12.3. The second kappa shape index (κ2) is 9.70. The SMILES string of the molecule is CC(C)(C)c1ccc(C(=O)NCc2ccc(-c3ccnc4[nH]nc(N[C@@H]5CCNC5)c34)cc2F)cc1. The first-order valence-corrected chi connectivity index (χ1v) is 12.3. The molecule has 1 saturated heterocycles. The summed E-state index contributed by atoms with van der Waals surface area (Å²) in [4.78, 5) is 17.0. The van der Waals surface area contributed by atoms with Gasteiger partial charge in [-0.1, -0.05) is 45.0 Å². The van der Waals surface area contributed by atoms with E-state index in [1.165, 1.54) is 6.07 Å². The predicted molar refractivity (Wildman–Crippen MR) is 140 cm³/mol. The van der Waals surface area contributed by atoms with Gasteiger partial charge in [0, 0.05) is 36.5 Å². The quantitative estimate of drug-likeness (QED) is 0.315. The molecule has 0 spiro atoms. The minimum atomic E-state index is -0.376. The van der Waals surface area contributed by atoms with Crippen molar-refractivity contribution in [3.63, 3.8) is 0 Å². The topological polar surface area (TPSA) is 94.7 Å². The van der Waals surface area contributed by atoms with Crippen molar-refractivity contribution in [3.05, 3.63) is 77.2 Å². The maximum Gasteiger partial charge on any atom is 0.251 e. The summed E-state index contributed by atoms with van der Waals surface area (Å²) < 4.78 is 15.1. The van der Waals surface area contributed by atoms with Crippen molar-refractivity contribution in [2.24, 2.45) is 0 Å². The Hall–Kier alpha value is -3.78. The molecule has 36 heavy (non-hydrogen) atoms. The Kier molecular flexibility index (Phi) is 6.45. The van der Waals surface area contributed by atoms with Gasteiger partial charge in [-0.3, -0.25) is 9.89 Å². The molecule has 4 aromatic rings. The first-order chi connectivity index (χ1) is 17.3. The second-order valence-corrected chi connectivity index (χ2v) is 10.3. The Morgan fingerprint density at radius 1 is 1.14 bits per heavy atom. The zero-order valence-electron chi connectivity index (χ0n) is 20.8. The monoisotopic (exact) mass is 486 g/mol. The molecule has 1 atom stereocenters. The number of anilines is 1. The van der Waals surface area contributed by atoms with Crippen LogP contribution in [-0.2, 0) is 12.0 Å².